The summed E-state index contributed by atoms with van der Waals surface area (Å²) < 4.78 is 0. The van der Waals surface area contributed by atoms with E-state index in [1.54, 1.807) is 43.3 Å². The minimum absolute atomic E-state index is 0. The van der Waals surface area contributed by atoms with Crippen LogP contribution in [0.2, 0.25) is 0 Å². The maximum absolute atomic E-state index is 11.5. The third-order valence-corrected chi connectivity index (χ3v) is 4.07. The molecule has 0 spiro atoms. The summed E-state index contributed by atoms with van der Waals surface area (Å²) in [7, 11) is 1.48. The number of hydrogen-bond acceptors (Lipinski definition) is 4. The SMILES string of the molecule is CCN1C(=O)c2c[c-]ccc2C1=O.CN1C(=O)c2c[c-]ccc2C1=O.[W+2]. The molecule has 7 heteroatoms. The van der Waals surface area contributed by atoms with Crippen LogP contribution in [0, 0.1) is 12.1 Å². The van der Waals surface area contributed by atoms with Gasteiger partial charge in [-0.3, -0.25) is 29.0 Å². The fourth-order valence-electron chi connectivity index (χ4n) is 2.71. The average molecular weight is 518 g/mol. The molecule has 0 unspecified atom stereocenters. The molecule has 6 nitrogen and oxygen atoms in total. The predicted molar refractivity (Wildman–Crippen MR) is 88.0 cm³/mol. The molecule has 0 atom stereocenters. The van der Waals surface area contributed by atoms with Crippen LogP contribution in [0.3, 0.4) is 0 Å². The van der Waals surface area contributed by atoms with Gasteiger partial charge in [0.15, 0.2) is 0 Å². The normalized spacial score (nSPS) is 14.5. The first-order valence-corrected chi connectivity index (χ1v) is 7.66. The van der Waals surface area contributed by atoms with Crippen molar-refractivity contribution in [1.82, 2.24) is 9.80 Å². The second kappa shape index (κ2) is 7.75. The van der Waals surface area contributed by atoms with E-state index >= 15 is 0 Å². The Morgan fingerprint density at radius 2 is 1.19 bits per heavy atom. The predicted octanol–water partition coefficient (Wildman–Crippen LogP) is 1.81. The molecule has 2 heterocycles. The Morgan fingerprint density at radius 3 is 1.65 bits per heavy atom. The van der Waals surface area contributed by atoms with E-state index in [1.807, 2.05) is 0 Å². The molecule has 0 aromatic heterocycles. The Kier molecular flexibility index (Phi) is 5.88. The van der Waals surface area contributed by atoms with Gasteiger partial charge in [-0.2, -0.15) is 48.5 Å². The van der Waals surface area contributed by atoms with Gasteiger partial charge in [-0.25, -0.2) is 0 Å². The summed E-state index contributed by atoms with van der Waals surface area (Å²) in [5, 5.41) is 0. The molecule has 2 aromatic carbocycles. The number of nitrogens with zero attached hydrogens (tertiary/aromatic N) is 2. The smallest absolute Gasteiger partial charge is 0.290 e. The number of hydrogen-bond donors (Lipinski definition) is 0. The minimum Gasteiger partial charge on any atom is -0.290 e. The average Bonchev–Trinajstić information content (AvgIpc) is 3.02. The molecule has 2 aromatic rings. The van der Waals surface area contributed by atoms with Crippen molar-refractivity contribution in [3.63, 3.8) is 0 Å². The molecular weight excluding hydrogens is 504 g/mol. The van der Waals surface area contributed by atoms with Crippen LogP contribution in [0.4, 0.5) is 0 Å². The van der Waals surface area contributed by atoms with Gasteiger partial charge in [0.25, 0.3) is 0 Å². The maximum Gasteiger partial charge on any atom is 2.00 e. The van der Waals surface area contributed by atoms with Gasteiger partial charge in [0, 0.05) is 13.6 Å². The molecule has 4 rings (SSSR count). The molecular formula is C19H14N2O4W. The van der Waals surface area contributed by atoms with E-state index in [-0.39, 0.29) is 44.7 Å². The summed E-state index contributed by atoms with van der Waals surface area (Å²) >= 11 is 0. The van der Waals surface area contributed by atoms with Gasteiger partial charge in [0.2, 0.25) is 23.6 Å². The van der Waals surface area contributed by atoms with Crippen LogP contribution in [-0.2, 0) is 21.1 Å². The van der Waals surface area contributed by atoms with E-state index in [9.17, 15) is 19.2 Å². The van der Waals surface area contributed by atoms with Crippen molar-refractivity contribution < 1.29 is 40.2 Å². The van der Waals surface area contributed by atoms with Crippen LogP contribution in [0.25, 0.3) is 0 Å². The van der Waals surface area contributed by atoms with Crippen LogP contribution in [0.1, 0.15) is 48.4 Å². The molecule has 0 saturated carbocycles. The summed E-state index contributed by atoms with van der Waals surface area (Å²) in [4.78, 5) is 48.0. The van der Waals surface area contributed by atoms with E-state index < -0.39 is 0 Å². The first-order valence-electron chi connectivity index (χ1n) is 7.66. The largest absolute Gasteiger partial charge is 2.00 e. The standard InChI is InChI=1S/C10H8NO2.C9H6NO2.W/c1-2-11-9(12)7-5-3-4-6-8(7)10(11)13;1-10-8(11)6-4-2-3-5-7(6)9(10)12;/h3,5-6H,2H2,1H3;2,4-5H,1H3;/q2*-1;+2. The number of carbonyl (C=O) groups is 4. The Labute approximate surface area is 165 Å². The molecule has 0 fully saturated rings. The molecule has 2 aliphatic heterocycles. The fourth-order valence-corrected chi connectivity index (χ4v) is 2.71. The van der Waals surface area contributed by atoms with Crippen molar-refractivity contribution in [2.75, 3.05) is 13.6 Å². The van der Waals surface area contributed by atoms with Crippen molar-refractivity contribution in [2.45, 2.75) is 6.92 Å². The molecule has 130 valence electrons. The molecule has 4 amide bonds. The summed E-state index contributed by atoms with van der Waals surface area (Å²) in [6.07, 6.45) is 0. The van der Waals surface area contributed by atoms with E-state index in [0.717, 1.165) is 4.90 Å². The first-order chi connectivity index (χ1) is 12.0. The zero-order valence-electron chi connectivity index (χ0n) is 14.1. The summed E-state index contributed by atoms with van der Waals surface area (Å²) in [5.74, 6) is -0.883. The molecule has 0 radical (unpaired) electrons. The van der Waals surface area contributed by atoms with E-state index in [1.165, 1.54) is 11.9 Å². The molecule has 2 aliphatic rings. The van der Waals surface area contributed by atoms with Crippen molar-refractivity contribution in [3.8, 4) is 0 Å². The van der Waals surface area contributed by atoms with Crippen LogP contribution < -0.4 is 0 Å². The monoisotopic (exact) mass is 518 g/mol. The summed E-state index contributed by atoms with van der Waals surface area (Å²) in [5.41, 5.74) is 1.88. The van der Waals surface area contributed by atoms with Crippen molar-refractivity contribution in [2.24, 2.45) is 0 Å². The second-order valence-electron chi connectivity index (χ2n) is 5.47. The van der Waals surface area contributed by atoms with Crippen molar-refractivity contribution in [1.29, 1.82) is 0 Å². The van der Waals surface area contributed by atoms with Crippen molar-refractivity contribution >= 4 is 23.6 Å². The minimum atomic E-state index is -0.244. The van der Waals surface area contributed by atoms with Crippen LogP contribution in [-0.4, -0.2) is 47.0 Å². The van der Waals surface area contributed by atoms with Gasteiger partial charge in [-0.15, -0.1) is 0 Å². The number of carbonyl (C=O) groups excluding carboxylic acids is 4. The zero-order chi connectivity index (χ0) is 18.1. The van der Waals surface area contributed by atoms with Crippen LogP contribution >= 0.6 is 0 Å². The summed E-state index contributed by atoms with van der Waals surface area (Å²) in [6, 6.07) is 15.2. The number of benzene rings is 2. The van der Waals surface area contributed by atoms with Crippen LogP contribution in [0.15, 0.2) is 36.4 Å². The number of rotatable bonds is 1. The maximum atomic E-state index is 11.5. The summed E-state index contributed by atoms with van der Waals surface area (Å²) in [6.45, 7) is 2.21. The molecule has 0 aliphatic carbocycles. The Balaban J connectivity index is 0.000000180. The van der Waals surface area contributed by atoms with Crippen molar-refractivity contribution in [3.05, 3.63) is 70.8 Å². The van der Waals surface area contributed by atoms with Gasteiger partial charge >= 0.3 is 21.1 Å². The fraction of sp³-hybridized carbons (Fsp3) is 0.158. The van der Waals surface area contributed by atoms with E-state index in [0.29, 0.717) is 28.8 Å². The third-order valence-electron chi connectivity index (χ3n) is 4.07. The van der Waals surface area contributed by atoms with Gasteiger partial charge in [-0.1, -0.05) is 22.3 Å². The van der Waals surface area contributed by atoms with Gasteiger partial charge in [0.05, 0.1) is 0 Å². The number of amides is 4. The Bertz CT molecular complexity index is 840. The van der Waals surface area contributed by atoms with Crippen LogP contribution in [0.5, 0.6) is 0 Å². The Morgan fingerprint density at radius 1 is 0.769 bits per heavy atom. The molecule has 26 heavy (non-hydrogen) atoms. The number of fused-ring (bicyclic) bond motifs is 2. The first kappa shape index (κ1) is 19.7. The molecule has 0 saturated heterocycles. The molecule has 0 N–H and O–H groups in total. The number of imide groups is 2. The third kappa shape index (κ3) is 3.13. The topological polar surface area (TPSA) is 74.8 Å². The second-order valence-corrected chi connectivity index (χ2v) is 5.47. The van der Waals surface area contributed by atoms with E-state index in [4.69, 9.17) is 0 Å². The van der Waals surface area contributed by atoms with Gasteiger partial charge < -0.3 is 0 Å². The quantitative estimate of drug-likeness (QED) is 0.427. The Hall–Kier alpha value is -2.59. The van der Waals surface area contributed by atoms with Gasteiger partial charge in [0.1, 0.15) is 0 Å². The zero-order valence-corrected chi connectivity index (χ0v) is 17.0. The van der Waals surface area contributed by atoms with Gasteiger partial charge in [-0.05, 0) is 6.92 Å². The molecule has 0 bridgehead atoms. The van der Waals surface area contributed by atoms with E-state index in [2.05, 4.69) is 12.1 Å².